The molecule has 0 aliphatic carbocycles. The molecule has 0 N–H and O–H groups in total. The summed E-state index contributed by atoms with van der Waals surface area (Å²) >= 11 is 0. The molecule has 10 aromatic carbocycles. The third kappa shape index (κ3) is 5.07. The Morgan fingerprint density at radius 2 is 0.750 bits per heavy atom. The molecular formula is C58H42N2. The van der Waals surface area contributed by atoms with Gasteiger partial charge in [0.1, 0.15) is 0 Å². The smallest absolute Gasteiger partial charge is 0.0571 e. The van der Waals surface area contributed by atoms with Crippen LogP contribution in [0.15, 0.2) is 194 Å². The number of nitrogens with zero attached hydrogens (tertiary/aromatic N) is 2. The summed E-state index contributed by atoms with van der Waals surface area (Å²) in [4.78, 5) is 0. The first-order chi connectivity index (χ1) is 29.7. The van der Waals surface area contributed by atoms with Crippen LogP contribution in [-0.4, -0.2) is 9.13 Å². The summed E-state index contributed by atoms with van der Waals surface area (Å²) in [6, 6.07) is 72.5. The Balaban J connectivity index is 1.21. The first-order valence-electron chi connectivity index (χ1n) is 21.3. The van der Waals surface area contributed by atoms with E-state index in [1.807, 2.05) is 0 Å². The molecule has 0 radical (unpaired) electrons. The highest BCUT2D eigenvalue weighted by Gasteiger charge is 2.21. The molecule has 284 valence electrons. The van der Waals surface area contributed by atoms with Gasteiger partial charge < -0.3 is 9.13 Å². The number of aromatic nitrogens is 2. The van der Waals surface area contributed by atoms with E-state index >= 15 is 0 Å². The molecule has 0 saturated carbocycles. The fraction of sp³-hybridized carbons (Fsp3) is 0.0690. The molecule has 12 rings (SSSR count). The van der Waals surface area contributed by atoms with Gasteiger partial charge in [0.2, 0.25) is 0 Å². The van der Waals surface area contributed by atoms with Gasteiger partial charge in [-0.3, -0.25) is 0 Å². The summed E-state index contributed by atoms with van der Waals surface area (Å²) in [5.74, 6) is 0. The van der Waals surface area contributed by atoms with E-state index in [0.717, 1.165) is 13.1 Å². The lowest BCUT2D eigenvalue weighted by molar-refractivity contribution is 0.828. The number of aryl methyl sites for hydroxylation is 2. The van der Waals surface area contributed by atoms with E-state index in [0.29, 0.717) is 0 Å². The van der Waals surface area contributed by atoms with E-state index in [-0.39, 0.29) is 0 Å². The van der Waals surface area contributed by atoms with Gasteiger partial charge in [-0.2, -0.15) is 0 Å². The van der Waals surface area contributed by atoms with Crippen molar-refractivity contribution >= 4 is 75.9 Å². The van der Waals surface area contributed by atoms with Crippen LogP contribution in [0.3, 0.4) is 0 Å². The topological polar surface area (TPSA) is 9.86 Å². The summed E-state index contributed by atoms with van der Waals surface area (Å²) < 4.78 is 5.01. The molecule has 0 bridgehead atoms. The minimum absolute atomic E-state index is 0.890. The van der Waals surface area contributed by atoms with Gasteiger partial charge in [-0.05, 0) is 110 Å². The molecule has 0 unspecified atom stereocenters. The van der Waals surface area contributed by atoms with E-state index < -0.39 is 0 Å². The zero-order chi connectivity index (χ0) is 39.9. The number of hydrogen-bond acceptors (Lipinski definition) is 0. The second kappa shape index (κ2) is 13.6. The summed E-state index contributed by atoms with van der Waals surface area (Å²) in [6.45, 7) is 6.31. The van der Waals surface area contributed by atoms with Crippen molar-refractivity contribution in [2.75, 3.05) is 0 Å². The van der Waals surface area contributed by atoms with Crippen molar-refractivity contribution in [3.63, 3.8) is 0 Å². The lowest BCUT2D eigenvalue weighted by Gasteiger charge is -2.19. The van der Waals surface area contributed by atoms with Gasteiger partial charge in [-0.25, -0.2) is 0 Å². The largest absolute Gasteiger partial charge is 0.340 e. The van der Waals surface area contributed by atoms with Crippen LogP contribution in [0.2, 0.25) is 0 Å². The van der Waals surface area contributed by atoms with Gasteiger partial charge in [0, 0.05) is 56.8 Å². The maximum Gasteiger partial charge on any atom is 0.0571 e. The molecule has 60 heavy (non-hydrogen) atoms. The predicted molar refractivity (Wildman–Crippen MR) is 258 cm³/mol. The van der Waals surface area contributed by atoms with E-state index in [9.17, 15) is 0 Å². The first-order valence-corrected chi connectivity index (χ1v) is 21.3. The average molecular weight is 767 g/mol. The normalized spacial score (nSPS) is 12.0. The van der Waals surface area contributed by atoms with E-state index in [1.54, 1.807) is 0 Å². The molecule has 0 saturated heterocycles. The van der Waals surface area contributed by atoms with Crippen molar-refractivity contribution in [1.82, 2.24) is 9.13 Å². The van der Waals surface area contributed by atoms with Crippen molar-refractivity contribution in [3.05, 3.63) is 194 Å². The molecule has 0 fully saturated rings. The number of hydrogen-bond donors (Lipinski definition) is 0. The minimum Gasteiger partial charge on any atom is -0.340 e. The molecule has 0 atom stereocenters. The molecule has 0 aliphatic heterocycles. The van der Waals surface area contributed by atoms with Crippen LogP contribution in [0, 0.1) is 0 Å². The Morgan fingerprint density at radius 1 is 0.300 bits per heavy atom. The first kappa shape index (κ1) is 34.6. The third-order valence-corrected chi connectivity index (χ3v) is 13.1. The summed E-state index contributed by atoms with van der Waals surface area (Å²) in [6.07, 6.45) is 0. The number of para-hydroxylation sites is 4. The van der Waals surface area contributed by atoms with Crippen molar-refractivity contribution in [1.29, 1.82) is 0 Å². The van der Waals surface area contributed by atoms with Crippen LogP contribution in [0.4, 0.5) is 0 Å². The van der Waals surface area contributed by atoms with E-state index in [2.05, 4.69) is 217 Å². The van der Waals surface area contributed by atoms with Crippen LogP contribution >= 0.6 is 0 Å². The molecule has 0 aliphatic rings. The van der Waals surface area contributed by atoms with Crippen LogP contribution in [0.5, 0.6) is 0 Å². The Hall–Kier alpha value is -7.42. The van der Waals surface area contributed by atoms with E-state index in [1.165, 1.54) is 120 Å². The molecule has 0 amide bonds. The second-order valence-electron chi connectivity index (χ2n) is 16.1. The van der Waals surface area contributed by atoms with Gasteiger partial charge in [0.15, 0.2) is 0 Å². The SMILES string of the molecule is CCn1c2ccccc2c2cccc(-c3cccc4c(-c5ccc6ccc(-c7ccccc7)cc6c5)c5cccc(-c6cccc7c8ccccc8n(CC)c67)c5cc34)c21. The molecular weight excluding hydrogens is 725 g/mol. The number of fused-ring (bicyclic) bond motifs is 9. The van der Waals surface area contributed by atoms with Gasteiger partial charge in [0.25, 0.3) is 0 Å². The molecule has 0 spiro atoms. The quantitative estimate of drug-likeness (QED) is 0.149. The highest BCUT2D eigenvalue weighted by molar-refractivity contribution is 6.23. The standard InChI is InChI=1S/C58H42N2/c1-3-59-54-28-10-8-18-44(54)50-26-14-24-48(57(50)59)42-20-12-22-46-52(42)36-53-43(49-25-15-27-51-45-19-9-11-29-55(45)60(4-2)58(49)51)21-13-23-47(53)56(46)40-33-31-38-30-32-39(34-41(38)35-40)37-16-6-5-7-17-37/h5-36H,3-4H2,1-2H3. The Kier molecular flexibility index (Phi) is 7.83. The van der Waals surface area contributed by atoms with Crippen molar-refractivity contribution in [2.24, 2.45) is 0 Å². The van der Waals surface area contributed by atoms with Crippen molar-refractivity contribution in [3.8, 4) is 44.5 Å². The van der Waals surface area contributed by atoms with Crippen LogP contribution in [-0.2, 0) is 13.1 Å². The second-order valence-corrected chi connectivity index (χ2v) is 16.1. The van der Waals surface area contributed by atoms with Crippen LogP contribution in [0.25, 0.3) is 120 Å². The Bertz CT molecular complexity index is 3500. The average Bonchev–Trinajstić information content (AvgIpc) is 3.83. The molecule has 2 heterocycles. The maximum absolute atomic E-state index is 2.50. The molecule has 2 heteroatoms. The van der Waals surface area contributed by atoms with E-state index in [4.69, 9.17) is 0 Å². The lowest BCUT2D eigenvalue weighted by atomic mass is 9.85. The highest BCUT2D eigenvalue weighted by Crippen LogP contribution is 2.47. The molecule has 12 aromatic rings. The summed E-state index contributed by atoms with van der Waals surface area (Å²) in [7, 11) is 0. The number of benzene rings is 10. The summed E-state index contributed by atoms with van der Waals surface area (Å²) in [5.41, 5.74) is 15.1. The summed E-state index contributed by atoms with van der Waals surface area (Å²) in [5, 5.41) is 12.7. The zero-order valence-corrected chi connectivity index (χ0v) is 33.8. The molecule has 2 aromatic heterocycles. The Morgan fingerprint density at radius 3 is 1.30 bits per heavy atom. The lowest BCUT2D eigenvalue weighted by Crippen LogP contribution is -1.97. The molecule has 2 nitrogen and oxygen atoms in total. The maximum atomic E-state index is 2.50. The number of rotatable bonds is 6. The monoisotopic (exact) mass is 766 g/mol. The zero-order valence-electron chi connectivity index (χ0n) is 33.8. The van der Waals surface area contributed by atoms with Gasteiger partial charge in [-0.1, -0.05) is 164 Å². The van der Waals surface area contributed by atoms with Crippen LogP contribution in [0.1, 0.15) is 13.8 Å². The minimum atomic E-state index is 0.890. The fourth-order valence-corrected chi connectivity index (χ4v) is 10.5. The van der Waals surface area contributed by atoms with Gasteiger partial charge >= 0.3 is 0 Å². The van der Waals surface area contributed by atoms with Crippen molar-refractivity contribution < 1.29 is 0 Å². The third-order valence-electron chi connectivity index (χ3n) is 13.1. The van der Waals surface area contributed by atoms with Gasteiger partial charge in [0.05, 0.1) is 11.0 Å². The Labute approximate surface area is 349 Å². The van der Waals surface area contributed by atoms with Crippen LogP contribution < -0.4 is 0 Å². The fourth-order valence-electron chi connectivity index (χ4n) is 10.5. The highest BCUT2D eigenvalue weighted by atomic mass is 15.0. The van der Waals surface area contributed by atoms with Crippen molar-refractivity contribution in [2.45, 2.75) is 26.9 Å². The predicted octanol–water partition coefficient (Wildman–Crippen LogP) is 16.1. The van der Waals surface area contributed by atoms with Gasteiger partial charge in [-0.15, -0.1) is 0 Å².